The second-order valence-electron chi connectivity index (χ2n) is 14.8. The Labute approximate surface area is 345 Å². The summed E-state index contributed by atoms with van der Waals surface area (Å²) in [4.78, 5) is 15.4. The molecule has 7 nitrogen and oxygen atoms in total. The minimum atomic E-state index is 0.338. The summed E-state index contributed by atoms with van der Waals surface area (Å²) in [6.07, 6.45) is 3.77. The lowest BCUT2D eigenvalue weighted by Gasteiger charge is -2.17. The lowest BCUT2D eigenvalue weighted by Crippen LogP contribution is -2.19. The number of anilines is 1. The predicted molar refractivity (Wildman–Crippen MR) is 245 cm³/mol. The number of fused-ring (bicyclic) bond motifs is 6. The molecule has 2 aromatic heterocycles. The zero-order valence-electron chi connectivity index (χ0n) is 32.2. The maximum absolute atomic E-state index is 8.82. The molecule has 282 valence electrons. The first-order chi connectivity index (χ1) is 29.6. The van der Waals surface area contributed by atoms with Crippen LogP contribution < -0.4 is 5.43 Å². The van der Waals surface area contributed by atoms with Gasteiger partial charge in [0.1, 0.15) is 16.9 Å². The molecule has 60 heavy (non-hydrogen) atoms. The van der Waals surface area contributed by atoms with E-state index in [-0.39, 0.29) is 0 Å². The molecular weight excluding hydrogens is 737 g/mol. The monoisotopic (exact) mass is 770 g/mol. The molecule has 7 heteroatoms. The fourth-order valence-corrected chi connectivity index (χ4v) is 8.00. The topological polar surface area (TPSA) is 100 Å². The Bertz CT molecular complexity index is 3370. The Morgan fingerprint density at radius 3 is 1.75 bits per heavy atom. The standard InChI is InChI=1S/C53H34N6O/c54-46-28-25-34-21-22-38-31-40(23-26-43(38)49(34)50(46)59-58-42-17-5-2-6-18-42)52-55-51(56-53(57-52)41-24-27-45-44-19-7-8-20-47(44)60-48(45)32-41)39-16-10-15-37(30-39)36-14-9-13-35(29-36)33-11-3-1-4-12-33/h1-32,54,58H/b54-46?,59-50+. The van der Waals surface area contributed by atoms with Crippen LogP contribution in [0.4, 0.5) is 5.69 Å². The lowest BCUT2D eigenvalue weighted by atomic mass is 9.89. The van der Waals surface area contributed by atoms with Gasteiger partial charge < -0.3 is 4.42 Å². The van der Waals surface area contributed by atoms with Crippen LogP contribution in [0, 0.1) is 5.41 Å². The van der Waals surface area contributed by atoms with Crippen molar-refractivity contribution >= 4 is 55.9 Å². The largest absolute Gasteiger partial charge is 0.456 e. The number of furan rings is 1. The van der Waals surface area contributed by atoms with Crippen molar-refractivity contribution in [3.05, 3.63) is 199 Å². The zero-order chi connectivity index (χ0) is 40.0. The molecule has 11 rings (SSSR count). The number of para-hydroxylation sites is 2. The molecule has 0 radical (unpaired) electrons. The molecule has 0 spiro atoms. The third kappa shape index (κ3) is 6.40. The van der Waals surface area contributed by atoms with Gasteiger partial charge in [-0.05, 0) is 93.2 Å². The lowest BCUT2D eigenvalue weighted by molar-refractivity contribution is 0.669. The number of benzene rings is 8. The van der Waals surface area contributed by atoms with Gasteiger partial charge in [0.25, 0.3) is 0 Å². The smallest absolute Gasteiger partial charge is 0.164 e. The summed E-state index contributed by atoms with van der Waals surface area (Å²) in [6, 6.07) is 61.8. The average Bonchev–Trinajstić information content (AvgIpc) is 3.69. The van der Waals surface area contributed by atoms with E-state index in [1.165, 1.54) is 5.56 Å². The van der Waals surface area contributed by atoms with Gasteiger partial charge in [-0.3, -0.25) is 10.8 Å². The predicted octanol–water partition coefficient (Wildman–Crippen LogP) is 13.1. The first-order valence-corrected chi connectivity index (χ1v) is 19.8. The number of rotatable bonds is 7. The second-order valence-corrected chi connectivity index (χ2v) is 14.8. The summed E-state index contributed by atoms with van der Waals surface area (Å²) in [6.45, 7) is 0. The van der Waals surface area contributed by atoms with E-state index < -0.39 is 0 Å². The molecule has 0 atom stereocenters. The van der Waals surface area contributed by atoms with Gasteiger partial charge in [-0.1, -0.05) is 140 Å². The van der Waals surface area contributed by atoms with Crippen molar-refractivity contribution in [2.24, 2.45) is 5.10 Å². The molecule has 8 aromatic carbocycles. The van der Waals surface area contributed by atoms with Crippen molar-refractivity contribution in [1.82, 2.24) is 15.0 Å². The van der Waals surface area contributed by atoms with Gasteiger partial charge in [0.05, 0.1) is 11.4 Å². The SMILES string of the molecule is N=C1C=Cc2ccc3cc(-c4nc(-c5cccc(-c6cccc(-c7ccccc7)c6)c5)nc(-c5ccc6c(c5)oc5ccccc56)n4)ccc3c2/C1=N/Nc1ccccc1. The van der Waals surface area contributed by atoms with Crippen LogP contribution in [0.25, 0.3) is 95.2 Å². The molecule has 2 heterocycles. The van der Waals surface area contributed by atoms with Gasteiger partial charge in [0.15, 0.2) is 17.5 Å². The van der Waals surface area contributed by atoms with Crippen LogP contribution in [-0.4, -0.2) is 26.4 Å². The molecule has 1 aliphatic rings. The number of hydrazone groups is 1. The molecule has 0 saturated heterocycles. The van der Waals surface area contributed by atoms with E-state index in [9.17, 15) is 0 Å². The number of hydrogen-bond donors (Lipinski definition) is 2. The highest BCUT2D eigenvalue weighted by Crippen LogP contribution is 2.35. The van der Waals surface area contributed by atoms with Crippen LogP contribution in [0.1, 0.15) is 11.1 Å². The van der Waals surface area contributed by atoms with Crippen LogP contribution in [-0.2, 0) is 0 Å². The zero-order valence-corrected chi connectivity index (χ0v) is 32.2. The Hall–Kier alpha value is -8.29. The molecule has 0 saturated carbocycles. The normalized spacial score (nSPS) is 13.0. The molecule has 2 N–H and O–H groups in total. The summed E-state index contributed by atoms with van der Waals surface area (Å²) in [5.74, 6) is 1.65. The summed E-state index contributed by atoms with van der Waals surface area (Å²) in [5.41, 5.74) is 15.5. The minimum Gasteiger partial charge on any atom is -0.456 e. The molecule has 0 fully saturated rings. The number of allylic oxidation sites excluding steroid dienone is 1. The fraction of sp³-hybridized carbons (Fsp3) is 0. The quantitative estimate of drug-likeness (QED) is 0.157. The summed E-state index contributed by atoms with van der Waals surface area (Å²) in [5, 5.41) is 17.6. The molecule has 0 amide bonds. The van der Waals surface area contributed by atoms with Gasteiger partial charge in [-0.2, -0.15) is 5.10 Å². The van der Waals surface area contributed by atoms with E-state index in [0.717, 1.165) is 82.9 Å². The van der Waals surface area contributed by atoms with Crippen molar-refractivity contribution in [2.75, 3.05) is 5.43 Å². The first-order valence-electron chi connectivity index (χ1n) is 19.8. The van der Waals surface area contributed by atoms with Gasteiger partial charge >= 0.3 is 0 Å². The minimum absolute atomic E-state index is 0.338. The summed E-state index contributed by atoms with van der Waals surface area (Å²) in [7, 11) is 0. The van der Waals surface area contributed by atoms with E-state index in [4.69, 9.17) is 29.9 Å². The Kier molecular flexibility index (Phi) is 8.48. The molecule has 10 aromatic rings. The van der Waals surface area contributed by atoms with E-state index >= 15 is 0 Å². The number of hydrogen-bond acceptors (Lipinski definition) is 7. The third-order valence-electron chi connectivity index (χ3n) is 11.0. The van der Waals surface area contributed by atoms with Crippen molar-refractivity contribution in [1.29, 1.82) is 5.41 Å². The first kappa shape index (κ1) is 34.9. The van der Waals surface area contributed by atoms with Crippen LogP contribution in [0.15, 0.2) is 198 Å². The highest BCUT2D eigenvalue weighted by Gasteiger charge is 2.21. The van der Waals surface area contributed by atoms with Crippen LogP contribution in [0.5, 0.6) is 0 Å². The molecular formula is C53H34N6O. The molecule has 1 aliphatic carbocycles. The van der Waals surface area contributed by atoms with Gasteiger partial charge in [-0.25, -0.2) is 15.0 Å². The Morgan fingerprint density at radius 2 is 1.00 bits per heavy atom. The summed E-state index contributed by atoms with van der Waals surface area (Å²) >= 11 is 0. The van der Waals surface area contributed by atoms with Crippen molar-refractivity contribution in [2.45, 2.75) is 0 Å². The van der Waals surface area contributed by atoms with E-state index in [1.807, 2.05) is 72.8 Å². The number of aromatic nitrogens is 3. The average molecular weight is 771 g/mol. The third-order valence-corrected chi connectivity index (χ3v) is 11.0. The fourth-order valence-electron chi connectivity index (χ4n) is 8.00. The Morgan fingerprint density at radius 1 is 0.433 bits per heavy atom. The number of nitrogens with zero attached hydrogens (tertiary/aromatic N) is 4. The van der Waals surface area contributed by atoms with Gasteiger partial charge in [0, 0.05) is 33.0 Å². The van der Waals surface area contributed by atoms with Crippen LogP contribution >= 0.6 is 0 Å². The maximum Gasteiger partial charge on any atom is 0.164 e. The maximum atomic E-state index is 8.82. The highest BCUT2D eigenvalue weighted by atomic mass is 16.3. The summed E-state index contributed by atoms with van der Waals surface area (Å²) < 4.78 is 6.30. The van der Waals surface area contributed by atoms with Crippen molar-refractivity contribution < 1.29 is 4.42 Å². The van der Waals surface area contributed by atoms with Gasteiger partial charge in [0.2, 0.25) is 0 Å². The Balaban J connectivity index is 1.04. The van der Waals surface area contributed by atoms with Gasteiger partial charge in [-0.15, -0.1) is 0 Å². The van der Waals surface area contributed by atoms with Crippen molar-refractivity contribution in [3.63, 3.8) is 0 Å². The van der Waals surface area contributed by atoms with E-state index in [1.54, 1.807) is 6.08 Å². The molecule has 0 aliphatic heterocycles. The van der Waals surface area contributed by atoms with Crippen LogP contribution in [0.3, 0.4) is 0 Å². The molecule has 0 bridgehead atoms. The highest BCUT2D eigenvalue weighted by molar-refractivity contribution is 6.55. The van der Waals surface area contributed by atoms with Crippen molar-refractivity contribution in [3.8, 4) is 56.4 Å². The molecule has 0 unspecified atom stereocenters. The number of nitrogens with one attached hydrogen (secondary N) is 2. The van der Waals surface area contributed by atoms with E-state index in [0.29, 0.717) is 28.9 Å². The van der Waals surface area contributed by atoms with E-state index in [2.05, 4.69) is 121 Å². The second kappa shape index (κ2) is 14.6. The van der Waals surface area contributed by atoms with Crippen LogP contribution in [0.2, 0.25) is 0 Å².